The maximum absolute atomic E-state index is 11.0. The topological polar surface area (TPSA) is 88.2 Å². The van der Waals surface area contributed by atoms with Crippen LogP contribution in [0.3, 0.4) is 0 Å². The first kappa shape index (κ1) is 14.8. The molecular weight excluding hydrogens is 326 g/mol. The third-order valence-electron chi connectivity index (χ3n) is 3.51. The number of nitrogens with zero attached hydrogens (tertiary/aromatic N) is 2. The number of nitro benzene ring substituents is 1. The molecule has 1 saturated carbocycles. The second-order valence-electron chi connectivity index (χ2n) is 4.74. The number of ether oxygens (including phenoxy) is 1. The molecule has 1 aromatic rings. The lowest BCUT2D eigenvalue weighted by Gasteiger charge is -2.26. The van der Waals surface area contributed by atoms with Gasteiger partial charge in [0.05, 0.1) is 15.5 Å². The van der Waals surface area contributed by atoms with Crippen molar-refractivity contribution in [2.45, 2.75) is 18.4 Å². The normalized spacial score (nSPS) is 17.1. The van der Waals surface area contributed by atoms with Gasteiger partial charge >= 0.3 is 5.69 Å². The van der Waals surface area contributed by atoms with Crippen LogP contribution in [-0.4, -0.2) is 24.1 Å². The highest BCUT2D eigenvalue weighted by Gasteiger charge is 2.46. The van der Waals surface area contributed by atoms with E-state index in [1.165, 1.54) is 6.07 Å². The first-order chi connectivity index (χ1) is 9.54. The van der Waals surface area contributed by atoms with Crippen molar-refractivity contribution in [1.29, 1.82) is 5.26 Å². The Bertz CT molecular complexity index is 568. The van der Waals surface area contributed by atoms with Crippen LogP contribution in [-0.2, 0) is 0 Å². The summed E-state index contributed by atoms with van der Waals surface area (Å²) in [4.78, 5) is 10.5. The van der Waals surface area contributed by atoms with Gasteiger partial charge in [0.2, 0.25) is 5.75 Å². The molecule has 2 rings (SSSR count). The molecule has 1 aliphatic rings. The molecule has 0 heterocycles. The predicted molar refractivity (Wildman–Crippen MR) is 76.4 cm³/mol. The zero-order valence-electron chi connectivity index (χ0n) is 10.9. The summed E-state index contributed by atoms with van der Waals surface area (Å²) in [5, 5.41) is 23.4. The Balaban J connectivity index is 2.22. The van der Waals surface area contributed by atoms with E-state index in [1.54, 1.807) is 19.2 Å². The van der Waals surface area contributed by atoms with Crippen molar-refractivity contribution in [2.75, 3.05) is 13.7 Å². The summed E-state index contributed by atoms with van der Waals surface area (Å²) in [5.74, 6) is 0.395. The van der Waals surface area contributed by atoms with E-state index < -0.39 is 10.5 Å². The van der Waals surface area contributed by atoms with E-state index in [9.17, 15) is 15.4 Å². The molecule has 1 atom stereocenters. The van der Waals surface area contributed by atoms with E-state index >= 15 is 0 Å². The molecule has 1 aliphatic carbocycles. The van der Waals surface area contributed by atoms with Gasteiger partial charge in [-0.1, -0.05) is 6.07 Å². The second kappa shape index (κ2) is 5.77. The van der Waals surface area contributed by atoms with E-state index in [0.717, 1.165) is 12.8 Å². The minimum Gasteiger partial charge on any atom is -0.483 e. The Hall–Kier alpha value is -1.65. The van der Waals surface area contributed by atoms with Crippen LogP contribution < -0.4 is 10.1 Å². The Labute approximate surface area is 125 Å². The molecule has 0 aliphatic heterocycles. The molecule has 0 bridgehead atoms. The molecule has 1 unspecified atom stereocenters. The van der Waals surface area contributed by atoms with Crippen LogP contribution in [0.1, 0.15) is 12.8 Å². The zero-order chi connectivity index (χ0) is 14.8. The quantitative estimate of drug-likeness (QED) is 0.635. The molecule has 106 valence electrons. The molecule has 1 aromatic carbocycles. The van der Waals surface area contributed by atoms with Crippen LogP contribution in [0.4, 0.5) is 5.69 Å². The van der Waals surface area contributed by atoms with Crippen LogP contribution in [0.25, 0.3) is 0 Å². The number of halogens is 1. The maximum atomic E-state index is 11.0. The molecule has 0 radical (unpaired) electrons. The Morgan fingerprint density at radius 3 is 2.85 bits per heavy atom. The smallest absolute Gasteiger partial charge is 0.312 e. The first-order valence-corrected chi connectivity index (χ1v) is 6.99. The second-order valence-corrected chi connectivity index (χ2v) is 5.60. The summed E-state index contributed by atoms with van der Waals surface area (Å²) in [5.41, 5.74) is -0.901. The van der Waals surface area contributed by atoms with Crippen LogP contribution >= 0.6 is 15.9 Å². The average molecular weight is 340 g/mol. The van der Waals surface area contributed by atoms with Gasteiger partial charge in [-0.15, -0.1) is 0 Å². The number of hydrogen-bond donors (Lipinski definition) is 1. The number of nitriles is 1. The van der Waals surface area contributed by atoms with Crippen molar-refractivity contribution in [3.63, 3.8) is 0 Å². The van der Waals surface area contributed by atoms with Gasteiger partial charge in [0.15, 0.2) is 0 Å². The fraction of sp³-hybridized carbons (Fsp3) is 0.462. The van der Waals surface area contributed by atoms with E-state index in [0.29, 0.717) is 4.47 Å². The van der Waals surface area contributed by atoms with Gasteiger partial charge in [-0.3, -0.25) is 15.4 Å². The number of nitro groups is 1. The van der Waals surface area contributed by atoms with Gasteiger partial charge in [-0.05, 0) is 47.8 Å². The molecule has 0 saturated heterocycles. The minimum absolute atomic E-state index is 0.0775. The largest absolute Gasteiger partial charge is 0.483 e. The average Bonchev–Trinajstić information content (AvgIpc) is 3.26. The molecule has 6 nitrogen and oxygen atoms in total. The lowest BCUT2D eigenvalue weighted by atomic mass is 9.96. The van der Waals surface area contributed by atoms with Gasteiger partial charge in [-0.2, -0.15) is 5.26 Å². The Morgan fingerprint density at radius 1 is 1.65 bits per heavy atom. The molecule has 7 heteroatoms. The number of likely N-dealkylation sites (N-methyl/N-ethyl adjacent to an activating group) is 1. The standard InChI is InChI=1S/C13H14BrN3O3/c1-16-13(7-15,9-5-6-9)8-20-12-10(14)3-2-4-11(12)17(18)19/h2-4,9,16H,5-6,8H2,1H3. The van der Waals surface area contributed by atoms with Gasteiger partial charge < -0.3 is 4.74 Å². The number of para-hydroxylation sites is 1. The van der Waals surface area contributed by atoms with Gasteiger partial charge in [0, 0.05) is 6.07 Å². The molecule has 0 amide bonds. The van der Waals surface area contributed by atoms with Crippen molar-refractivity contribution in [1.82, 2.24) is 5.32 Å². The SMILES string of the molecule is CNC(C#N)(COc1c(Br)cccc1[N+](=O)[O-])C1CC1. The molecule has 1 fully saturated rings. The summed E-state index contributed by atoms with van der Waals surface area (Å²) < 4.78 is 6.11. The fourth-order valence-electron chi connectivity index (χ4n) is 2.12. The molecule has 0 aromatic heterocycles. The van der Waals surface area contributed by atoms with Crippen molar-refractivity contribution in [3.8, 4) is 11.8 Å². The lowest BCUT2D eigenvalue weighted by Crippen LogP contribution is -2.49. The highest BCUT2D eigenvalue weighted by molar-refractivity contribution is 9.10. The monoisotopic (exact) mass is 339 g/mol. The third kappa shape index (κ3) is 2.76. The van der Waals surface area contributed by atoms with Crippen molar-refractivity contribution in [2.24, 2.45) is 5.92 Å². The summed E-state index contributed by atoms with van der Waals surface area (Å²) in [6, 6.07) is 6.87. The summed E-state index contributed by atoms with van der Waals surface area (Å²) in [7, 11) is 1.71. The molecule has 0 spiro atoms. The molecule has 1 N–H and O–H groups in total. The third-order valence-corrected chi connectivity index (χ3v) is 4.13. The predicted octanol–water partition coefficient (Wildman–Crippen LogP) is 2.63. The van der Waals surface area contributed by atoms with Crippen molar-refractivity contribution >= 4 is 21.6 Å². The highest BCUT2D eigenvalue weighted by Crippen LogP contribution is 2.41. The van der Waals surface area contributed by atoms with Gasteiger partial charge in [0.1, 0.15) is 12.1 Å². The molecular formula is C13H14BrN3O3. The number of hydrogen-bond acceptors (Lipinski definition) is 5. The fourth-order valence-corrected chi connectivity index (χ4v) is 2.59. The molecule has 20 heavy (non-hydrogen) atoms. The zero-order valence-corrected chi connectivity index (χ0v) is 12.5. The van der Waals surface area contributed by atoms with Crippen LogP contribution in [0.5, 0.6) is 5.75 Å². The van der Waals surface area contributed by atoms with E-state index in [2.05, 4.69) is 27.3 Å². The summed E-state index contributed by atoms with van der Waals surface area (Å²) in [6.45, 7) is 0.0775. The number of rotatable bonds is 6. The van der Waals surface area contributed by atoms with Crippen LogP contribution in [0, 0.1) is 27.4 Å². The highest BCUT2D eigenvalue weighted by atomic mass is 79.9. The van der Waals surface area contributed by atoms with Gasteiger partial charge in [0.25, 0.3) is 0 Å². The van der Waals surface area contributed by atoms with Crippen molar-refractivity contribution < 1.29 is 9.66 Å². The number of nitrogens with one attached hydrogen (secondary N) is 1. The first-order valence-electron chi connectivity index (χ1n) is 6.20. The van der Waals surface area contributed by atoms with Crippen LogP contribution in [0.15, 0.2) is 22.7 Å². The summed E-state index contributed by atoms with van der Waals surface area (Å²) in [6.07, 6.45) is 1.94. The summed E-state index contributed by atoms with van der Waals surface area (Å²) >= 11 is 3.25. The minimum atomic E-state index is -0.789. The number of benzene rings is 1. The van der Waals surface area contributed by atoms with E-state index in [1.807, 2.05) is 0 Å². The van der Waals surface area contributed by atoms with E-state index in [4.69, 9.17) is 4.74 Å². The van der Waals surface area contributed by atoms with Gasteiger partial charge in [-0.25, -0.2) is 0 Å². The van der Waals surface area contributed by atoms with Crippen LogP contribution in [0.2, 0.25) is 0 Å². The Morgan fingerprint density at radius 2 is 2.35 bits per heavy atom. The lowest BCUT2D eigenvalue weighted by molar-refractivity contribution is -0.386. The van der Waals surface area contributed by atoms with Crippen molar-refractivity contribution in [3.05, 3.63) is 32.8 Å². The van der Waals surface area contributed by atoms with E-state index in [-0.39, 0.29) is 24.0 Å². The Kier molecular flexibility index (Phi) is 4.26. The maximum Gasteiger partial charge on any atom is 0.312 e.